The van der Waals surface area contributed by atoms with Crippen LogP contribution in [0.5, 0.6) is 0 Å². The summed E-state index contributed by atoms with van der Waals surface area (Å²) in [6.45, 7) is 1.71. The summed E-state index contributed by atoms with van der Waals surface area (Å²) in [5.74, 6) is -0.154. The highest BCUT2D eigenvalue weighted by atomic mass is 19.4. The van der Waals surface area contributed by atoms with Crippen LogP contribution < -0.4 is 10.6 Å². The first-order chi connectivity index (χ1) is 9.45. The number of carbonyl (C=O) groups is 1. The van der Waals surface area contributed by atoms with E-state index >= 15 is 0 Å². The molecule has 20 heavy (non-hydrogen) atoms. The fraction of sp³-hybridized carbons (Fsp3) is 0.500. The summed E-state index contributed by atoms with van der Waals surface area (Å²) in [5, 5.41) is 6.08. The Balaban J connectivity index is 1.87. The number of carbonyl (C=O) groups excluding carboxylic acids is 1. The van der Waals surface area contributed by atoms with Crippen LogP contribution in [0.15, 0.2) is 24.3 Å². The minimum atomic E-state index is -4.34. The lowest BCUT2D eigenvalue weighted by Gasteiger charge is -2.23. The van der Waals surface area contributed by atoms with E-state index in [1.807, 2.05) is 0 Å². The van der Waals surface area contributed by atoms with Gasteiger partial charge in [0.15, 0.2) is 0 Å². The van der Waals surface area contributed by atoms with Gasteiger partial charge in [0, 0.05) is 12.6 Å². The van der Waals surface area contributed by atoms with Gasteiger partial charge in [0.25, 0.3) is 0 Å². The molecule has 1 amide bonds. The number of hydrogen-bond donors (Lipinski definition) is 2. The quantitative estimate of drug-likeness (QED) is 0.893. The van der Waals surface area contributed by atoms with E-state index in [4.69, 9.17) is 0 Å². The van der Waals surface area contributed by atoms with Crippen LogP contribution in [0, 0.1) is 0 Å². The Bertz CT molecular complexity index is 450. The van der Waals surface area contributed by atoms with Gasteiger partial charge in [0.2, 0.25) is 5.91 Å². The average molecular weight is 286 g/mol. The molecule has 1 heterocycles. The number of alkyl halides is 3. The zero-order valence-corrected chi connectivity index (χ0v) is 11.0. The molecule has 0 unspecified atom stereocenters. The summed E-state index contributed by atoms with van der Waals surface area (Å²) in [6.07, 6.45) is -2.28. The van der Waals surface area contributed by atoms with Crippen molar-refractivity contribution in [1.29, 1.82) is 0 Å². The maximum atomic E-state index is 12.4. The predicted octanol–water partition coefficient (Wildman–Crippen LogP) is 2.12. The molecule has 6 heteroatoms. The first kappa shape index (κ1) is 14.8. The molecule has 1 atom stereocenters. The first-order valence-corrected chi connectivity index (χ1v) is 6.61. The molecule has 1 aromatic rings. The van der Waals surface area contributed by atoms with Gasteiger partial charge in [-0.05, 0) is 37.1 Å². The molecule has 1 aliphatic rings. The van der Waals surface area contributed by atoms with Crippen molar-refractivity contribution < 1.29 is 18.0 Å². The number of rotatable bonds is 3. The number of amides is 1. The summed E-state index contributed by atoms with van der Waals surface area (Å²) in [5.41, 5.74) is -0.114. The third-order valence-corrected chi connectivity index (χ3v) is 3.31. The van der Waals surface area contributed by atoms with Gasteiger partial charge >= 0.3 is 6.18 Å². The summed E-state index contributed by atoms with van der Waals surface area (Å²) >= 11 is 0. The third-order valence-electron chi connectivity index (χ3n) is 3.31. The maximum absolute atomic E-state index is 12.4. The molecular weight excluding hydrogens is 269 g/mol. The molecule has 2 N–H and O–H groups in total. The molecule has 1 aliphatic heterocycles. The summed E-state index contributed by atoms with van der Waals surface area (Å²) in [4.78, 5) is 11.8. The molecule has 1 saturated heterocycles. The van der Waals surface area contributed by atoms with Crippen LogP contribution in [0.4, 0.5) is 13.2 Å². The zero-order valence-electron chi connectivity index (χ0n) is 11.0. The van der Waals surface area contributed by atoms with E-state index in [2.05, 4.69) is 10.6 Å². The Morgan fingerprint density at radius 1 is 1.30 bits per heavy atom. The van der Waals surface area contributed by atoms with Crippen molar-refractivity contribution in [2.45, 2.75) is 31.5 Å². The number of nitrogens with one attached hydrogen (secondary N) is 2. The third kappa shape index (κ3) is 4.23. The smallest absolute Gasteiger partial charge is 0.352 e. The standard InChI is InChI=1S/C14H17F3N2O/c15-14(16,17)11-5-3-10(4-6-11)8-13(20)19-12-2-1-7-18-9-12/h3-6,12,18H,1-2,7-9H2,(H,19,20)/t12-/m1/s1. The minimum absolute atomic E-state index is 0.106. The number of halogens is 3. The van der Waals surface area contributed by atoms with Gasteiger partial charge in [0.05, 0.1) is 12.0 Å². The van der Waals surface area contributed by atoms with Crippen molar-refractivity contribution in [3.8, 4) is 0 Å². The van der Waals surface area contributed by atoms with Crippen LogP contribution in [-0.2, 0) is 17.4 Å². The van der Waals surface area contributed by atoms with E-state index in [0.717, 1.165) is 38.1 Å². The summed E-state index contributed by atoms with van der Waals surface area (Å²) in [6, 6.07) is 4.82. The van der Waals surface area contributed by atoms with E-state index in [1.54, 1.807) is 0 Å². The van der Waals surface area contributed by atoms with Crippen LogP contribution in [0.2, 0.25) is 0 Å². The lowest BCUT2D eigenvalue weighted by atomic mass is 10.1. The molecule has 1 fully saturated rings. The molecule has 1 aromatic carbocycles. The Morgan fingerprint density at radius 3 is 2.55 bits per heavy atom. The minimum Gasteiger partial charge on any atom is -0.352 e. The van der Waals surface area contributed by atoms with Crippen molar-refractivity contribution in [2.24, 2.45) is 0 Å². The molecule has 0 aromatic heterocycles. The number of benzene rings is 1. The lowest BCUT2D eigenvalue weighted by Crippen LogP contribution is -2.46. The second kappa shape index (κ2) is 6.26. The van der Waals surface area contributed by atoms with Crippen LogP contribution >= 0.6 is 0 Å². The maximum Gasteiger partial charge on any atom is 0.416 e. The van der Waals surface area contributed by atoms with Crippen molar-refractivity contribution in [3.63, 3.8) is 0 Å². The molecule has 110 valence electrons. The SMILES string of the molecule is O=C(Cc1ccc(C(F)(F)F)cc1)N[C@@H]1CCCNC1. The summed E-state index contributed by atoms with van der Waals surface area (Å²) < 4.78 is 37.2. The van der Waals surface area contributed by atoms with E-state index in [0.29, 0.717) is 5.56 Å². The molecule has 0 aliphatic carbocycles. The fourth-order valence-corrected chi connectivity index (χ4v) is 2.25. The Labute approximate surface area is 115 Å². The van der Waals surface area contributed by atoms with Gasteiger partial charge in [-0.25, -0.2) is 0 Å². The molecular formula is C14H17F3N2O. The van der Waals surface area contributed by atoms with Crippen molar-refractivity contribution in [1.82, 2.24) is 10.6 Å². The van der Waals surface area contributed by atoms with E-state index in [-0.39, 0.29) is 18.4 Å². The molecule has 2 rings (SSSR count). The Morgan fingerprint density at radius 2 is 2.00 bits per heavy atom. The number of hydrogen-bond acceptors (Lipinski definition) is 2. The Kier molecular flexibility index (Phi) is 4.65. The van der Waals surface area contributed by atoms with Crippen molar-refractivity contribution in [2.75, 3.05) is 13.1 Å². The molecule has 3 nitrogen and oxygen atoms in total. The lowest BCUT2D eigenvalue weighted by molar-refractivity contribution is -0.137. The van der Waals surface area contributed by atoms with Crippen LogP contribution in [0.25, 0.3) is 0 Å². The van der Waals surface area contributed by atoms with Crippen LogP contribution in [-0.4, -0.2) is 25.0 Å². The molecule has 0 radical (unpaired) electrons. The highest BCUT2D eigenvalue weighted by Crippen LogP contribution is 2.29. The van der Waals surface area contributed by atoms with Crippen LogP contribution in [0.3, 0.4) is 0 Å². The summed E-state index contributed by atoms with van der Waals surface area (Å²) in [7, 11) is 0. The van der Waals surface area contributed by atoms with Crippen LogP contribution in [0.1, 0.15) is 24.0 Å². The van der Waals surface area contributed by atoms with Gasteiger partial charge in [-0.15, -0.1) is 0 Å². The Hall–Kier alpha value is -1.56. The van der Waals surface area contributed by atoms with Gasteiger partial charge in [-0.1, -0.05) is 12.1 Å². The highest BCUT2D eigenvalue weighted by molar-refractivity contribution is 5.78. The van der Waals surface area contributed by atoms with Gasteiger partial charge in [0.1, 0.15) is 0 Å². The van der Waals surface area contributed by atoms with E-state index < -0.39 is 11.7 Å². The van der Waals surface area contributed by atoms with Gasteiger partial charge < -0.3 is 10.6 Å². The molecule has 0 saturated carbocycles. The normalized spacial score (nSPS) is 19.6. The second-order valence-electron chi connectivity index (χ2n) is 4.98. The molecule has 0 spiro atoms. The van der Waals surface area contributed by atoms with Crippen molar-refractivity contribution in [3.05, 3.63) is 35.4 Å². The van der Waals surface area contributed by atoms with E-state index in [9.17, 15) is 18.0 Å². The highest BCUT2D eigenvalue weighted by Gasteiger charge is 2.30. The zero-order chi connectivity index (χ0) is 14.6. The predicted molar refractivity (Wildman–Crippen MR) is 69.2 cm³/mol. The first-order valence-electron chi connectivity index (χ1n) is 6.61. The largest absolute Gasteiger partial charge is 0.416 e. The number of piperidine rings is 1. The fourth-order valence-electron chi connectivity index (χ4n) is 2.25. The van der Waals surface area contributed by atoms with Crippen molar-refractivity contribution >= 4 is 5.91 Å². The molecule has 0 bridgehead atoms. The topological polar surface area (TPSA) is 41.1 Å². The second-order valence-corrected chi connectivity index (χ2v) is 4.98. The monoisotopic (exact) mass is 286 g/mol. The van der Waals surface area contributed by atoms with Gasteiger partial charge in [-0.2, -0.15) is 13.2 Å². The van der Waals surface area contributed by atoms with E-state index in [1.165, 1.54) is 12.1 Å². The van der Waals surface area contributed by atoms with Gasteiger partial charge in [-0.3, -0.25) is 4.79 Å². The average Bonchev–Trinajstić information content (AvgIpc) is 2.39.